The van der Waals surface area contributed by atoms with E-state index in [-0.39, 0.29) is 5.97 Å². The molecule has 0 saturated carbocycles. The molecule has 3 nitrogen and oxygen atoms in total. The summed E-state index contributed by atoms with van der Waals surface area (Å²) >= 11 is 3.15. The second-order valence-electron chi connectivity index (χ2n) is 2.44. The molecule has 0 N–H and O–H groups in total. The first-order valence-electron chi connectivity index (χ1n) is 4.08. The molecule has 0 aliphatic heterocycles. The maximum Gasteiger partial charge on any atom is 0.330 e. The number of rotatable bonds is 4. The van der Waals surface area contributed by atoms with Crippen LogP contribution in [-0.2, 0) is 9.53 Å². The molecule has 0 radical (unpaired) electrons. The number of hydrogen-bond acceptors (Lipinski definition) is 3. The summed E-state index contributed by atoms with van der Waals surface area (Å²) in [4.78, 5) is 12.4. The lowest BCUT2D eigenvalue weighted by Crippen LogP contribution is -2.19. The third kappa shape index (κ3) is 18.5. The third-order valence-electron chi connectivity index (χ3n) is 0.949. The molecule has 0 aromatic rings. The minimum Gasteiger partial charge on any atom is -0.461 e. The number of ether oxygens (including phenoxy) is 1. The fraction of sp³-hybridized carbons (Fsp3) is 0.667. The summed E-state index contributed by atoms with van der Waals surface area (Å²) in [7, 11) is 3.84. The van der Waals surface area contributed by atoms with Gasteiger partial charge in [-0.25, -0.2) is 4.79 Å². The van der Waals surface area contributed by atoms with Gasteiger partial charge >= 0.3 is 5.97 Å². The van der Waals surface area contributed by atoms with Crippen molar-refractivity contribution in [3.8, 4) is 0 Å². The summed E-state index contributed by atoms with van der Waals surface area (Å²) in [6.45, 7) is 6.49. The highest BCUT2D eigenvalue weighted by molar-refractivity contribution is 9.09. The first-order valence-corrected chi connectivity index (χ1v) is 5.20. The Labute approximate surface area is 88.9 Å². The summed E-state index contributed by atoms with van der Waals surface area (Å²) in [6.07, 6.45) is 1.16. The van der Waals surface area contributed by atoms with E-state index >= 15 is 0 Å². The van der Waals surface area contributed by atoms with Crippen LogP contribution in [0.2, 0.25) is 0 Å². The van der Waals surface area contributed by atoms with Crippen LogP contribution in [0.25, 0.3) is 0 Å². The van der Waals surface area contributed by atoms with Crippen molar-refractivity contribution < 1.29 is 9.53 Å². The number of carbonyl (C=O) groups excluding carboxylic acids is 1. The van der Waals surface area contributed by atoms with Crippen LogP contribution in [0, 0.1) is 0 Å². The van der Waals surface area contributed by atoms with Crippen LogP contribution in [-0.4, -0.2) is 43.4 Å². The van der Waals surface area contributed by atoms with Gasteiger partial charge in [-0.05, 0) is 14.1 Å². The van der Waals surface area contributed by atoms with Crippen LogP contribution >= 0.6 is 15.9 Å². The molecule has 0 fully saturated rings. The maximum absolute atomic E-state index is 10.4. The monoisotopic (exact) mass is 251 g/mol. The van der Waals surface area contributed by atoms with Gasteiger partial charge in [-0.15, -0.1) is 0 Å². The fourth-order valence-electron chi connectivity index (χ4n) is 0.388. The van der Waals surface area contributed by atoms with Crippen molar-refractivity contribution in [2.75, 3.05) is 32.6 Å². The van der Waals surface area contributed by atoms with Crippen molar-refractivity contribution in [3.05, 3.63) is 12.7 Å². The summed E-state index contributed by atoms with van der Waals surface area (Å²) in [5.74, 6) is -0.359. The van der Waals surface area contributed by atoms with Gasteiger partial charge in [0, 0.05) is 18.0 Å². The van der Waals surface area contributed by atoms with E-state index in [1.165, 1.54) is 0 Å². The number of likely N-dealkylation sites (N-methyl/N-ethyl adjacent to an activating group) is 1. The molecule has 0 amide bonds. The van der Waals surface area contributed by atoms with Crippen LogP contribution in [0.15, 0.2) is 12.7 Å². The van der Waals surface area contributed by atoms with E-state index in [2.05, 4.69) is 22.5 Å². The lowest BCUT2D eigenvalue weighted by atomic mass is 10.6. The van der Waals surface area contributed by atoms with Crippen LogP contribution in [0.3, 0.4) is 0 Å². The van der Waals surface area contributed by atoms with E-state index in [4.69, 9.17) is 4.74 Å². The van der Waals surface area contributed by atoms with Crippen LogP contribution in [0.5, 0.6) is 0 Å². The second kappa shape index (κ2) is 11.6. The molecule has 0 aromatic heterocycles. The van der Waals surface area contributed by atoms with Gasteiger partial charge in [0.25, 0.3) is 0 Å². The standard InChI is InChI=1S/C7H13NO2.C2H5Br/c1-4-7(9)10-6-5-8(2)3;1-2-3/h4H,1,5-6H2,2-3H3;2H2,1H3. The van der Waals surface area contributed by atoms with Crippen molar-refractivity contribution in [3.63, 3.8) is 0 Å². The average Bonchev–Trinajstić information content (AvgIpc) is 2.05. The summed E-state index contributed by atoms with van der Waals surface area (Å²) in [5, 5.41) is 1.06. The van der Waals surface area contributed by atoms with E-state index in [1.807, 2.05) is 25.9 Å². The topological polar surface area (TPSA) is 29.5 Å². The first-order chi connectivity index (χ1) is 6.08. The predicted molar refractivity (Wildman–Crippen MR) is 59.2 cm³/mol. The molecular formula is C9H18BrNO2. The summed E-state index contributed by atoms with van der Waals surface area (Å²) in [6, 6.07) is 0. The maximum atomic E-state index is 10.4. The molecule has 0 saturated heterocycles. The smallest absolute Gasteiger partial charge is 0.330 e. The van der Waals surface area contributed by atoms with Crippen LogP contribution in [0.1, 0.15) is 6.92 Å². The molecule has 0 aromatic carbocycles. The number of hydrogen-bond donors (Lipinski definition) is 0. The molecular weight excluding hydrogens is 234 g/mol. The van der Waals surface area contributed by atoms with Gasteiger partial charge in [0.2, 0.25) is 0 Å². The normalized spacial score (nSPS) is 8.69. The fourth-order valence-corrected chi connectivity index (χ4v) is 0.388. The highest BCUT2D eigenvalue weighted by Crippen LogP contribution is 1.80. The number of alkyl halides is 1. The predicted octanol–water partition coefficient (Wildman–Crippen LogP) is 1.68. The molecule has 0 unspecified atom stereocenters. The van der Waals surface area contributed by atoms with Crippen molar-refractivity contribution >= 4 is 21.9 Å². The number of esters is 1. The molecule has 0 heterocycles. The Morgan fingerprint density at radius 3 is 2.38 bits per heavy atom. The van der Waals surface area contributed by atoms with Gasteiger partial charge in [-0.1, -0.05) is 29.4 Å². The molecule has 13 heavy (non-hydrogen) atoms. The van der Waals surface area contributed by atoms with E-state index < -0.39 is 0 Å². The molecule has 78 valence electrons. The zero-order valence-electron chi connectivity index (χ0n) is 8.55. The van der Waals surface area contributed by atoms with Gasteiger partial charge in [-0.3, -0.25) is 0 Å². The zero-order chi connectivity index (χ0) is 10.7. The van der Waals surface area contributed by atoms with E-state index in [0.29, 0.717) is 6.61 Å². The molecule has 4 heteroatoms. The molecule has 0 aliphatic carbocycles. The molecule has 0 aliphatic rings. The van der Waals surface area contributed by atoms with Crippen LogP contribution in [0.4, 0.5) is 0 Å². The van der Waals surface area contributed by atoms with Crippen molar-refractivity contribution in [1.29, 1.82) is 0 Å². The van der Waals surface area contributed by atoms with Gasteiger partial charge in [0.05, 0.1) is 0 Å². The Kier molecular flexibility index (Phi) is 13.6. The van der Waals surface area contributed by atoms with Crippen molar-refractivity contribution in [2.45, 2.75) is 6.92 Å². The third-order valence-corrected chi connectivity index (χ3v) is 0.949. The minimum absolute atomic E-state index is 0.359. The van der Waals surface area contributed by atoms with E-state index in [9.17, 15) is 4.79 Å². The quantitative estimate of drug-likeness (QED) is 0.433. The molecule has 0 spiro atoms. The summed E-state index contributed by atoms with van der Waals surface area (Å²) in [5.41, 5.74) is 0. The number of nitrogens with zero attached hydrogens (tertiary/aromatic N) is 1. The second-order valence-corrected chi connectivity index (χ2v) is 3.56. The highest BCUT2D eigenvalue weighted by atomic mass is 79.9. The van der Waals surface area contributed by atoms with Crippen LogP contribution < -0.4 is 0 Å². The lowest BCUT2D eigenvalue weighted by Gasteiger charge is -2.07. The summed E-state index contributed by atoms with van der Waals surface area (Å²) < 4.78 is 4.70. The molecule has 0 bridgehead atoms. The van der Waals surface area contributed by atoms with Gasteiger partial charge in [0.1, 0.15) is 6.61 Å². The first kappa shape index (κ1) is 15.1. The van der Waals surface area contributed by atoms with E-state index in [0.717, 1.165) is 18.0 Å². The largest absolute Gasteiger partial charge is 0.461 e. The van der Waals surface area contributed by atoms with Gasteiger partial charge in [0.15, 0.2) is 0 Å². The average molecular weight is 252 g/mol. The lowest BCUT2D eigenvalue weighted by molar-refractivity contribution is -0.137. The highest BCUT2D eigenvalue weighted by Gasteiger charge is 1.94. The molecule has 0 rings (SSSR count). The van der Waals surface area contributed by atoms with Crippen molar-refractivity contribution in [2.24, 2.45) is 0 Å². The Balaban J connectivity index is 0. The Bertz CT molecular complexity index is 138. The van der Waals surface area contributed by atoms with Gasteiger partial charge < -0.3 is 9.64 Å². The van der Waals surface area contributed by atoms with Crippen molar-refractivity contribution in [1.82, 2.24) is 4.90 Å². The van der Waals surface area contributed by atoms with E-state index in [1.54, 1.807) is 0 Å². The Morgan fingerprint density at radius 1 is 1.62 bits per heavy atom. The minimum atomic E-state index is -0.359. The van der Waals surface area contributed by atoms with Gasteiger partial charge in [-0.2, -0.15) is 0 Å². The zero-order valence-corrected chi connectivity index (χ0v) is 10.1. The Morgan fingerprint density at radius 2 is 2.08 bits per heavy atom. The SMILES string of the molecule is C=CC(=O)OCCN(C)C.CCBr. The number of halogens is 1. The Hall–Kier alpha value is -0.350. The number of carbonyl (C=O) groups is 1. The molecule has 0 atom stereocenters.